The molecule has 0 aromatic heterocycles. The molecule has 0 bridgehead atoms. The van der Waals surface area contributed by atoms with Crippen LogP contribution in [0.4, 0.5) is 5.69 Å². The first kappa shape index (κ1) is 16.1. The van der Waals surface area contributed by atoms with Crippen LogP contribution in [0, 0.1) is 0 Å². The Balaban J connectivity index is 2.61. The van der Waals surface area contributed by atoms with Crippen molar-refractivity contribution in [3.05, 3.63) is 29.8 Å². The van der Waals surface area contributed by atoms with Crippen LogP contribution in [0.25, 0.3) is 0 Å². The highest BCUT2D eigenvalue weighted by Crippen LogP contribution is 2.13. The molecular weight excluding hydrogens is 332 g/mol. The first-order chi connectivity index (χ1) is 9.02. The Kier molecular flexibility index (Phi) is 7.04. The molecule has 0 spiro atoms. The minimum atomic E-state index is -1.13. The van der Waals surface area contributed by atoms with E-state index in [0.717, 1.165) is 17.3 Å². The number of rotatable bonds is 8. The standard InChI is InChI=1S/C12H17BrN2O3S/c13-5-2-6-19(18)15-10-4-1-3-9(7-10)8-11(14)12(16)17/h1,3-4,7,11,15H,2,5-6,8,14H2,(H,16,17)/t11-,19?/m0/s1. The van der Waals surface area contributed by atoms with Crippen molar-refractivity contribution in [1.82, 2.24) is 0 Å². The van der Waals surface area contributed by atoms with Crippen LogP contribution in [0.5, 0.6) is 0 Å². The Morgan fingerprint density at radius 3 is 2.89 bits per heavy atom. The van der Waals surface area contributed by atoms with E-state index in [1.807, 2.05) is 0 Å². The summed E-state index contributed by atoms with van der Waals surface area (Å²) >= 11 is 3.28. The summed E-state index contributed by atoms with van der Waals surface area (Å²) in [6.07, 6.45) is 1.07. The van der Waals surface area contributed by atoms with Crippen LogP contribution in [0.15, 0.2) is 24.3 Å². The molecular formula is C12H17BrN2O3S. The van der Waals surface area contributed by atoms with Gasteiger partial charge in [0.05, 0.1) is 0 Å². The monoisotopic (exact) mass is 348 g/mol. The number of hydrogen-bond donors (Lipinski definition) is 3. The molecule has 0 saturated heterocycles. The van der Waals surface area contributed by atoms with Crippen molar-refractivity contribution < 1.29 is 14.1 Å². The van der Waals surface area contributed by atoms with Crippen LogP contribution in [0.2, 0.25) is 0 Å². The Bertz CT molecular complexity index is 456. The van der Waals surface area contributed by atoms with Gasteiger partial charge >= 0.3 is 5.97 Å². The molecule has 0 aliphatic heterocycles. The van der Waals surface area contributed by atoms with Crippen molar-refractivity contribution in [2.24, 2.45) is 5.73 Å². The third-order valence-electron chi connectivity index (χ3n) is 2.39. The number of hydrogen-bond acceptors (Lipinski definition) is 3. The summed E-state index contributed by atoms with van der Waals surface area (Å²) in [4.78, 5) is 10.7. The molecule has 1 aromatic carbocycles. The van der Waals surface area contributed by atoms with E-state index in [-0.39, 0.29) is 6.42 Å². The van der Waals surface area contributed by atoms with E-state index in [9.17, 15) is 9.00 Å². The topological polar surface area (TPSA) is 92.4 Å². The fourth-order valence-electron chi connectivity index (χ4n) is 1.47. The summed E-state index contributed by atoms with van der Waals surface area (Å²) < 4.78 is 14.6. The van der Waals surface area contributed by atoms with Gasteiger partial charge in [0.2, 0.25) is 0 Å². The van der Waals surface area contributed by atoms with Gasteiger partial charge in [-0.05, 0) is 30.5 Å². The van der Waals surface area contributed by atoms with Gasteiger partial charge in [-0.3, -0.25) is 4.79 Å². The quantitative estimate of drug-likeness (QED) is 0.620. The van der Waals surface area contributed by atoms with E-state index >= 15 is 0 Å². The van der Waals surface area contributed by atoms with E-state index in [1.165, 1.54) is 0 Å². The SMILES string of the molecule is N[C@@H](Cc1cccc(NS(=O)CCCBr)c1)C(=O)O. The van der Waals surface area contributed by atoms with E-state index in [2.05, 4.69) is 20.7 Å². The van der Waals surface area contributed by atoms with Gasteiger partial charge in [0.25, 0.3) is 0 Å². The predicted octanol–water partition coefficient (Wildman–Crippen LogP) is 1.50. The van der Waals surface area contributed by atoms with Gasteiger partial charge in [0.15, 0.2) is 0 Å². The van der Waals surface area contributed by atoms with Crippen molar-refractivity contribution in [2.75, 3.05) is 15.8 Å². The second-order valence-electron chi connectivity index (χ2n) is 4.04. The minimum absolute atomic E-state index is 0.249. The van der Waals surface area contributed by atoms with Crippen LogP contribution >= 0.6 is 15.9 Å². The molecule has 0 aliphatic carbocycles. The maximum Gasteiger partial charge on any atom is 0.320 e. The molecule has 0 heterocycles. The van der Waals surface area contributed by atoms with Crippen LogP contribution in [-0.2, 0) is 22.2 Å². The average molecular weight is 349 g/mol. The molecule has 4 N–H and O–H groups in total. The van der Waals surface area contributed by atoms with Gasteiger partial charge < -0.3 is 15.6 Å². The van der Waals surface area contributed by atoms with Crippen molar-refractivity contribution in [3.63, 3.8) is 0 Å². The average Bonchev–Trinajstić information content (AvgIpc) is 2.36. The number of carboxylic acids is 1. The van der Waals surface area contributed by atoms with Crippen molar-refractivity contribution in [3.8, 4) is 0 Å². The number of carboxylic acid groups (broad SMARTS) is 1. The van der Waals surface area contributed by atoms with Gasteiger partial charge in [-0.2, -0.15) is 0 Å². The van der Waals surface area contributed by atoms with E-state index < -0.39 is 23.0 Å². The molecule has 0 radical (unpaired) electrons. The molecule has 0 saturated carbocycles. The van der Waals surface area contributed by atoms with Crippen LogP contribution in [0.1, 0.15) is 12.0 Å². The lowest BCUT2D eigenvalue weighted by molar-refractivity contribution is -0.138. The molecule has 7 heteroatoms. The fraction of sp³-hybridized carbons (Fsp3) is 0.417. The third-order valence-corrected chi connectivity index (χ3v) is 4.08. The highest BCUT2D eigenvalue weighted by molar-refractivity contribution is 9.09. The smallest absolute Gasteiger partial charge is 0.320 e. The van der Waals surface area contributed by atoms with E-state index in [4.69, 9.17) is 10.8 Å². The lowest BCUT2D eigenvalue weighted by Crippen LogP contribution is -2.32. The van der Waals surface area contributed by atoms with Gasteiger partial charge in [-0.25, -0.2) is 4.21 Å². The Morgan fingerprint density at radius 1 is 1.53 bits per heavy atom. The maximum atomic E-state index is 11.7. The summed E-state index contributed by atoms with van der Waals surface area (Å²) in [6, 6.07) is 6.23. The Morgan fingerprint density at radius 2 is 2.26 bits per heavy atom. The lowest BCUT2D eigenvalue weighted by Gasteiger charge is -2.09. The summed E-state index contributed by atoms with van der Waals surface area (Å²) in [5.41, 5.74) is 6.99. The summed E-state index contributed by atoms with van der Waals surface area (Å²) in [7, 11) is -1.13. The van der Waals surface area contributed by atoms with E-state index in [0.29, 0.717) is 11.4 Å². The fourth-order valence-corrected chi connectivity index (χ4v) is 3.02. The van der Waals surface area contributed by atoms with Crippen LogP contribution in [-0.4, -0.2) is 32.4 Å². The molecule has 19 heavy (non-hydrogen) atoms. The van der Waals surface area contributed by atoms with Crippen LogP contribution in [0.3, 0.4) is 0 Å². The number of nitrogens with two attached hydrogens (primary N) is 1. The highest BCUT2D eigenvalue weighted by atomic mass is 79.9. The largest absolute Gasteiger partial charge is 0.480 e. The van der Waals surface area contributed by atoms with Gasteiger partial charge in [0, 0.05) is 16.8 Å². The lowest BCUT2D eigenvalue weighted by atomic mass is 10.1. The minimum Gasteiger partial charge on any atom is -0.480 e. The number of nitrogens with one attached hydrogen (secondary N) is 1. The van der Waals surface area contributed by atoms with E-state index in [1.54, 1.807) is 24.3 Å². The third kappa shape index (κ3) is 6.17. The summed E-state index contributed by atoms with van der Waals surface area (Å²) in [6.45, 7) is 0. The first-order valence-electron chi connectivity index (χ1n) is 5.81. The normalized spacial score (nSPS) is 13.8. The zero-order chi connectivity index (χ0) is 14.3. The molecule has 1 rings (SSSR count). The predicted molar refractivity (Wildman–Crippen MR) is 80.8 cm³/mol. The number of alkyl halides is 1. The van der Waals surface area contributed by atoms with Crippen LogP contribution < -0.4 is 10.5 Å². The van der Waals surface area contributed by atoms with Crippen molar-refractivity contribution >= 4 is 38.6 Å². The summed E-state index contributed by atoms with van der Waals surface area (Å²) in [5.74, 6) is -0.469. The van der Waals surface area contributed by atoms with Gasteiger partial charge in [0.1, 0.15) is 17.0 Å². The number of anilines is 1. The number of aliphatic carboxylic acids is 1. The van der Waals surface area contributed by atoms with Gasteiger partial charge in [-0.1, -0.05) is 28.1 Å². The molecule has 2 atom stereocenters. The van der Waals surface area contributed by atoms with Gasteiger partial charge in [-0.15, -0.1) is 0 Å². The molecule has 106 valence electrons. The molecule has 0 amide bonds. The van der Waals surface area contributed by atoms with Crippen molar-refractivity contribution in [1.29, 1.82) is 0 Å². The second kappa shape index (κ2) is 8.29. The zero-order valence-corrected chi connectivity index (χ0v) is 12.7. The number of halogens is 1. The first-order valence-corrected chi connectivity index (χ1v) is 8.25. The number of carbonyl (C=O) groups is 1. The zero-order valence-electron chi connectivity index (χ0n) is 10.3. The summed E-state index contributed by atoms with van der Waals surface area (Å²) in [5, 5.41) is 9.57. The Labute approximate surface area is 123 Å². The Hall–Kier alpha value is -0.920. The molecule has 1 aromatic rings. The van der Waals surface area contributed by atoms with Crippen molar-refractivity contribution in [2.45, 2.75) is 18.9 Å². The molecule has 0 fully saturated rings. The maximum absolute atomic E-state index is 11.7. The highest BCUT2D eigenvalue weighted by Gasteiger charge is 2.12. The molecule has 0 aliphatic rings. The number of benzene rings is 1. The molecule has 1 unspecified atom stereocenters. The molecule has 5 nitrogen and oxygen atoms in total. The second-order valence-corrected chi connectivity index (χ2v) is 6.14.